The predicted molar refractivity (Wildman–Crippen MR) is 85.1 cm³/mol. The summed E-state index contributed by atoms with van der Waals surface area (Å²) in [5.41, 5.74) is 0. The van der Waals surface area contributed by atoms with Crippen LogP contribution in [-0.2, 0) is 9.53 Å². The fraction of sp³-hybridized carbons (Fsp3) is 0.941. The maximum absolute atomic E-state index is 11.6. The summed E-state index contributed by atoms with van der Waals surface area (Å²) in [6, 6.07) is 0.535. The van der Waals surface area contributed by atoms with E-state index in [2.05, 4.69) is 24.1 Å². The Morgan fingerprint density at radius 3 is 2.62 bits per heavy atom. The van der Waals surface area contributed by atoms with E-state index in [9.17, 15) is 4.79 Å². The summed E-state index contributed by atoms with van der Waals surface area (Å²) in [6.07, 6.45) is 5.85. The van der Waals surface area contributed by atoms with Crippen LogP contribution in [0.15, 0.2) is 0 Å². The van der Waals surface area contributed by atoms with Gasteiger partial charge < -0.3 is 15.0 Å². The number of nitrogens with zero attached hydrogens (tertiary/aromatic N) is 1. The van der Waals surface area contributed by atoms with Crippen LogP contribution in [0, 0.1) is 17.8 Å². The van der Waals surface area contributed by atoms with E-state index in [0.717, 1.165) is 38.5 Å². The minimum absolute atomic E-state index is 0.0656. The molecule has 1 aliphatic carbocycles. The number of piperidine rings is 1. The molecule has 1 saturated heterocycles. The van der Waals surface area contributed by atoms with Crippen LogP contribution in [0.4, 0.5) is 0 Å². The van der Waals surface area contributed by atoms with Crippen molar-refractivity contribution in [1.82, 2.24) is 10.2 Å². The van der Waals surface area contributed by atoms with Gasteiger partial charge in [-0.1, -0.05) is 20.3 Å². The molecule has 1 heterocycles. The molecule has 122 valence electrons. The second-order valence-corrected chi connectivity index (χ2v) is 7.40. The highest BCUT2D eigenvalue weighted by Gasteiger charge is 2.29. The van der Waals surface area contributed by atoms with Gasteiger partial charge in [0.1, 0.15) is 0 Å². The molecule has 1 N–H and O–H groups in total. The Bertz CT molecular complexity index is 329. The van der Waals surface area contributed by atoms with E-state index in [1.165, 1.54) is 26.4 Å². The topological polar surface area (TPSA) is 41.6 Å². The first-order valence-electron chi connectivity index (χ1n) is 8.59. The fourth-order valence-corrected chi connectivity index (χ4v) is 3.61. The second-order valence-electron chi connectivity index (χ2n) is 7.40. The van der Waals surface area contributed by atoms with Crippen molar-refractivity contribution in [3.05, 3.63) is 0 Å². The zero-order valence-electron chi connectivity index (χ0n) is 13.9. The molecular weight excluding hydrogens is 264 g/mol. The van der Waals surface area contributed by atoms with Gasteiger partial charge in [0.25, 0.3) is 0 Å². The number of hydrogen-bond donors (Lipinski definition) is 1. The maximum Gasteiger partial charge on any atom is 0.305 e. The molecule has 2 rings (SSSR count). The van der Waals surface area contributed by atoms with Gasteiger partial charge in [-0.15, -0.1) is 0 Å². The lowest BCUT2D eigenvalue weighted by Crippen LogP contribution is -2.51. The molecule has 1 aliphatic heterocycles. The number of rotatable bonds is 7. The standard InChI is InChI=1S/C17H32N2O2/c1-13(2)10-19-11-15(8-17(20)21-3)7-16(12-19)18-9-14-5-4-6-14/h13-16,18H,4-12H2,1-3H3. The Kier molecular flexibility index (Phi) is 6.49. The molecule has 4 heteroatoms. The molecule has 0 aromatic heterocycles. The Morgan fingerprint density at radius 2 is 2.05 bits per heavy atom. The number of methoxy groups -OCH3 is 1. The van der Waals surface area contributed by atoms with Crippen molar-refractivity contribution in [2.24, 2.45) is 17.8 Å². The van der Waals surface area contributed by atoms with Crippen molar-refractivity contribution < 1.29 is 9.53 Å². The number of hydrogen-bond acceptors (Lipinski definition) is 4. The van der Waals surface area contributed by atoms with Crippen LogP contribution in [0.3, 0.4) is 0 Å². The van der Waals surface area contributed by atoms with Crippen molar-refractivity contribution >= 4 is 5.97 Å². The van der Waals surface area contributed by atoms with Gasteiger partial charge >= 0.3 is 5.97 Å². The van der Waals surface area contributed by atoms with E-state index < -0.39 is 0 Å². The minimum Gasteiger partial charge on any atom is -0.469 e. The summed E-state index contributed by atoms with van der Waals surface area (Å²) < 4.78 is 4.85. The Morgan fingerprint density at radius 1 is 1.29 bits per heavy atom. The van der Waals surface area contributed by atoms with Gasteiger partial charge in [-0.25, -0.2) is 0 Å². The van der Waals surface area contributed by atoms with Crippen LogP contribution in [-0.4, -0.2) is 50.2 Å². The second kappa shape index (κ2) is 8.14. The third-order valence-electron chi connectivity index (χ3n) is 4.84. The predicted octanol–water partition coefficient (Wildman–Crippen LogP) is 2.29. The van der Waals surface area contributed by atoms with E-state index in [4.69, 9.17) is 4.74 Å². The SMILES string of the molecule is COC(=O)CC1CC(NCC2CCC2)CN(CC(C)C)C1. The molecule has 21 heavy (non-hydrogen) atoms. The summed E-state index contributed by atoms with van der Waals surface area (Å²) in [6.45, 7) is 8.98. The van der Waals surface area contributed by atoms with Gasteiger partial charge in [0.15, 0.2) is 0 Å². The smallest absolute Gasteiger partial charge is 0.305 e. The molecule has 2 unspecified atom stereocenters. The molecule has 0 aromatic carbocycles. The van der Waals surface area contributed by atoms with Crippen LogP contribution in [0.5, 0.6) is 0 Å². The molecule has 2 aliphatic rings. The summed E-state index contributed by atoms with van der Waals surface area (Å²) in [7, 11) is 1.49. The normalized spacial score (nSPS) is 27.6. The van der Waals surface area contributed by atoms with Crippen molar-refractivity contribution in [2.45, 2.75) is 52.0 Å². The molecule has 1 saturated carbocycles. The molecule has 0 aromatic rings. The van der Waals surface area contributed by atoms with Crippen molar-refractivity contribution in [3.8, 4) is 0 Å². The molecule has 2 fully saturated rings. The first kappa shape index (κ1) is 16.8. The van der Waals surface area contributed by atoms with Crippen LogP contribution in [0.2, 0.25) is 0 Å². The van der Waals surface area contributed by atoms with Crippen molar-refractivity contribution in [1.29, 1.82) is 0 Å². The number of ether oxygens (including phenoxy) is 1. The Hall–Kier alpha value is -0.610. The average molecular weight is 296 g/mol. The lowest BCUT2D eigenvalue weighted by atomic mass is 9.84. The highest BCUT2D eigenvalue weighted by molar-refractivity contribution is 5.69. The zero-order chi connectivity index (χ0) is 15.2. The molecular formula is C17H32N2O2. The highest BCUT2D eigenvalue weighted by atomic mass is 16.5. The molecule has 2 atom stereocenters. The van der Waals surface area contributed by atoms with E-state index in [1.54, 1.807) is 0 Å². The third kappa shape index (κ3) is 5.59. The van der Waals surface area contributed by atoms with Gasteiger partial charge in [0.2, 0.25) is 0 Å². The first-order chi connectivity index (χ1) is 10.1. The van der Waals surface area contributed by atoms with E-state index in [1.807, 2.05) is 0 Å². The number of carbonyl (C=O) groups is 1. The largest absolute Gasteiger partial charge is 0.469 e. The van der Waals surface area contributed by atoms with Gasteiger partial charge in [0, 0.05) is 32.1 Å². The fourth-order valence-electron chi connectivity index (χ4n) is 3.61. The lowest BCUT2D eigenvalue weighted by molar-refractivity contribution is -0.142. The lowest BCUT2D eigenvalue weighted by Gasteiger charge is -2.39. The van der Waals surface area contributed by atoms with E-state index in [-0.39, 0.29) is 5.97 Å². The Labute approximate surface area is 129 Å². The molecule has 4 nitrogen and oxygen atoms in total. The third-order valence-corrected chi connectivity index (χ3v) is 4.84. The number of carbonyl (C=O) groups excluding carboxylic acids is 1. The highest BCUT2D eigenvalue weighted by Crippen LogP contribution is 2.26. The first-order valence-corrected chi connectivity index (χ1v) is 8.59. The molecule has 0 amide bonds. The van der Waals surface area contributed by atoms with Crippen LogP contribution >= 0.6 is 0 Å². The number of esters is 1. The maximum atomic E-state index is 11.6. The van der Waals surface area contributed by atoms with E-state index >= 15 is 0 Å². The van der Waals surface area contributed by atoms with E-state index in [0.29, 0.717) is 24.3 Å². The van der Waals surface area contributed by atoms with Crippen molar-refractivity contribution in [3.63, 3.8) is 0 Å². The summed E-state index contributed by atoms with van der Waals surface area (Å²) in [5.74, 6) is 1.94. The molecule has 0 spiro atoms. The van der Waals surface area contributed by atoms with Crippen LogP contribution in [0.25, 0.3) is 0 Å². The summed E-state index contributed by atoms with van der Waals surface area (Å²) in [5, 5.41) is 3.75. The van der Waals surface area contributed by atoms with Crippen LogP contribution in [0.1, 0.15) is 46.0 Å². The molecule has 0 bridgehead atoms. The van der Waals surface area contributed by atoms with Crippen LogP contribution < -0.4 is 5.32 Å². The monoisotopic (exact) mass is 296 g/mol. The van der Waals surface area contributed by atoms with Gasteiger partial charge in [-0.2, -0.15) is 0 Å². The number of likely N-dealkylation sites (tertiary alicyclic amines) is 1. The van der Waals surface area contributed by atoms with Gasteiger partial charge in [-0.3, -0.25) is 4.79 Å². The van der Waals surface area contributed by atoms with Gasteiger partial charge in [0.05, 0.1) is 7.11 Å². The number of nitrogens with one attached hydrogen (secondary N) is 1. The van der Waals surface area contributed by atoms with Gasteiger partial charge in [-0.05, 0) is 43.6 Å². The summed E-state index contributed by atoms with van der Waals surface area (Å²) in [4.78, 5) is 14.1. The molecule has 0 radical (unpaired) electrons. The average Bonchev–Trinajstić information content (AvgIpc) is 2.35. The zero-order valence-corrected chi connectivity index (χ0v) is 13.9. The summed E-state index contributed by atoms with van der Waals surface area (Å²) >= 11 is 0. The quantitative estimate of drug-likeness (QED) is 0.732. The van der Waals surface area contributed by atoms with Crippen molar-refractivity contribution in [2.75, 3.05) is 33.3 Å². The Balaban J connectivity index is 1.83. The minimum atomic E-state index is -0.0656.